The van der Waals surface area contributed by atoms with Gasteiger partial charge in [0.1, 0.15) is 17.1 Å². The van der Waals surface area contributed by atoms with E-state index in [2.05, 4.69) is 17.0 Å². The van der Waals surface area contributed by atoms with Gasteiger partial charge in [-0.25, -0.2) is 4.98 Å². The highest BCUT2D eigenvalue weighted by atomic mass is 16.5. The number of benzene rings is 1. The molecule has 6 heteroatoms. The number of aryl methyl sites for hydroxylation is 2. The Bertz CT molecular complexity index is 1080. The fourth-order valence-corrected chi connectivity index (χ4v) is 4.38. The zero-order chi connectivity index (χ0) is 21.8. The van der Waals surface area contributed by atoms with E-state index >= 15 is 0 Å². The second-order valence-corrected chi connectivity index (χ2v) is 8.50. The van der Waals surface area contributed by atoms with Crippen LogP contribution >= 0.6 is 0 Å². The van der Waals surface area contributed by atoms with E-state index in [1.54, 1.807) is 24.7 Å². The fraction of sp³-hybridized carbons (Fsp3) is 0.440. The number of aromatic nitrogens is 2. The van der Waals surface area contributed by atoms with Crippen LogP contribution in [0.3, 0.4) is 0 Å². The van der Waals surface area contributed by atoms with Crippen LogP contribution in [0.4, 0.5) is 0 Å². The number of hydrogen-bond donors (Lipinski definition) is 0. The van der Waals surface area contributed by atoms with Gasteiger partial charge in [0, 0.05) is 24.9 Å². The van der Waals surface area contributed by atoms with Crippen LogP contribution in [0.15, 0.2) is 47.4 Å². The third-order valence-electron chi connectivity index (χ3n) is 6.21. The van der Waals surface area contributed by atoms with Gasteiger partial charge in [-0.3, -0.25) is 14.1 Å². The van der Waals surface area contributed by atoms with E-state index in [-0.39, 0.29) is 5.56 Å². The molecule has 0 radical (unpaired) electrons. The van der Waals surface area contributed by atoms with Gasteiger partial charge in [-0.05, 0) is 80.9 Å². The topological polar surface area (TPSA) is 56.1 Å². The van der Waals surface area contributed by atoms with Crippen molar-refractivity contribution < 1.29 is 9.47 Å². The normalized spacial score (nSPS) is 15.3. The van der Waals surface area contributed by atoms with Crippen LogP contribution in [-0.2, 0) is 13.0 Å². The number of piperidine rings is 1. The lowest BCUT2D eigenvalue weighted by Crippen LogP contribution is -2.34. The van der Waals surface area contributed by atoms with E-state index in [4.69, 9.17) is 14.5 Å². The highest BCUT2D eigenvalue weighted by molar-refractivity contribution is 5.40. The van der Waals surface area contributed by atoms with Crippen molar-refractivity contribution in [2.24, 2.45) is 5.92 Å². The van der Waals surface area contributed by atoms with Crippen molar-refractivity contribution in [1.29, 1.82) is 0 Å². The van der Waals surface area contributed by atoms with Crippen molar-refractivity contribution in [1.82, 2.24) is 14.3 Å². The van der Waals surface area contributed by atoms with Gasteiger partial charge >= 0.3 is 0 Å². The number of nitrogens with zero attached hydrogens (tertiary/aromatic N) is 3. The number of ether oxygens (including phenoxy) is 2. The molecule has 1 aromatic carbocycles. The minimum absolute atomic E-state index is 0.00713. The number of fused-ring (bicyclic) bond motifs is 1. The third-order valence-corrected chi connectivity index (χ3v) is 6.21. The summed E-state index contributed by atoms with van der Waals surface area (Å²) in [4.78, 5) is 19.6. The summed E-state index contributed by atoms with van der Waals surface area (Å²) in [7, 11) is 3.38. The van der Waals surface area contributed by atoms with Gasteiger partial charge < -0.3 is 9.47 Å². The maximum atomic E-state index is 12.4. The van der Waals surface area contributed by atoms with Gasteiger partial charge in [0.15, 0.2) is 0 Å². The third kappa shape index (κ3) is 5.25. The van der Waals surface area contributed by atoms with Crippen LogP contribution in [0.5, 0.6) is 11.5 Å². The second kappa shape index (κ2) is 9.52. The van der Waals surface area contributed by atoms with Crippen LogP contribution in [-0.4, -0.2) is 41.6 Å². The molecule has 0 atom stereocenters. The fourth-order valence-electron chi connectivity index (χ4n) is 4.38. The Morgan fingerprint density at radius 2 is 1.74 bits per heavy atom. The maximum absolute atomic E-state index is 12.4. The molecule has 0 unspecified atom stereocenters. The summed E-state index contributed by atoms with van der Waals surface area (Å²) in [6.45, 7) is 4.80. The van der Waals surface area contributed by atoms with Crippen molar-refractivity contribution in [3.63, 3.8) is 0 Å². The average Bonchev–Trinajstić information content (AvgIpc) is 2.79. The Kier molecular flexibility index (Phi) is 6.56. The van der Waals surface area contributed by atoms with E-state index in [1.165, 1.54) is 24.8 Å². The SMILES string of the molecule is COc1cc(CCC2CCN(Cc3cc(=O)n4cc(C)ccc4n3)CC2)cc(OC)c1. The zero-order valence-corrected chi connectivity index (χ0v) is 18.6. The number of methoxy groups -OCH3 is 2. The number of pyridine rings is 1. The molecule has 0 bridgehead atoms. The monoisotopic (exact) mass is 421 g/mol. The summed E-state index contributed by atoms with van der Waals surface area (Å²) in [5.41, 5.74) is 3.88. The highest BCUT2D eigenvalue weighted by Crippen LogP contribution is 2.27. The molecule has 0 saturated carbocycles. The van der Waals surface area contributed by atoms with Crippen molar-refractivity contribution in [2.45, 2.75) is 39.2 Å². The molecular formula is C25H31N3O3. The summed E-state index contributed by atoms with van der Waals surface area (Å²) in [6.07, 6.45) is 6.39. The molecule has 164 valence electrons. The molecule has 6 nitrogen and oxygen atoms in total. The van der Waals surface area contributed by atoms with Crippen LogP contribution in [0, 0.1) is 12.8 Å². The largest absolute Gasteiger partial charge is 0.497 e. The molecule has 0 N–H and O–H groups in total. The first-order valence-corrected chi connectivity index (χ1v) is 11.0. The van der Waals surface area contributed by atoms with Crippen LogP contribution < -0.4 is 15.0 Å². The van der Waals surface area contributed by atoms with Gasteiger partial charge in [-0.15, -0.1) is 0 Å². The van der Waals surface area contributed by atoms with E-state index < -0.39 is 0 Å². The van der Waals surface area contributed by atoms with E-state index in [9.17, 15) is 4.79 Å². The number of rotatable bonds is 7. The van der Waals surface area contributed by atoms with Gasteiger partial charge in [0.25, 0.3) is 5.56 Å². The van der Waals surface area contributed by atoms with Gasteiger partial charge in [0.2, 0.25) is 0 Å². The Morgan fingerprint density at radius 1 is 1.03 bits per heavy atom. The van der Waals surface area contributed by atoms with Crippen molar-refractivity contribution in [3.05, 3.63) is 69.8 Å². The van der Waals surface area contributed by atoms with E-state index in [1.807, 2.05) is 31.3 Å². The quantitative estimate of drug-likeness (QED) is 0.580. The molecule has 4 rings (SSSR count). The highest BCUT2D eigenvalue weighted by Gasteiger charge is 2.20. The Labute approximate surface area is 183 Å². The first kappa shape index (κ1) is 21.4. The van der Waals surface area contributed by atoms with Crippen molar-refractivity contribution >= 4 is 5.65 Å². The Morgan fingerprint density at radius 3 is 2.42 bits per heavy atom. The molecule has 0 spiro atoms. The lowest BCUT2D eigenvalue weighted by molar-refractivity contribution is 0.171. The van der Waals surface area contributed by atoms with E-state index in [0.717, 1.165) is 54.5 Å². The molecule has 1 aliphatic heterocycles. The summed E-state index contributed by atoms with van der Waals surface area (Å²) in [5.74, 6) is 2.41. The minimum atomic E-state index is -0.00713. The van der Waals surface area contributed by atoms with Gasteiger partial charge in [-0.2, -0.15) is 0 Å². The summed E-state index contributed by atoms with van der Waals surface area (Å²) in [6, 6.07) is 11.7. The van der Waals surface area contributed by atoms with Gasteiger partial charge in [0.05, 0.1) is 19.9 Å². The smallest absolute Gasteiger partial charge is 0.258 e. The average molecular weight is 422 g/mol. The summed E-state index contributed by atoms with van der Waals surface area (Å²) >= 11 is 0. The molecule has 3 aromatic rings. The van der Waals surface area contributed by atoms with Crippen LogP contribution in [0.25, 0.3) is 5.65 Å². The first-order chi connectivity index (χ1) is 15.0. The standard InChI is InChI=1S/C25H31N3O3/c1-18-4-7-24-26-21(14-25(29)28(24)16-18)17-27-10-8-19(9-11-27)5-6-20-12-22(30-2)15-23(13-20)31-3/h4,7,12-16,19H,5-6,8-11,17H2,1-3H3. The minimum Gasteiger partial charge on any atom is -0.497 e. The second-order valence-electron chi connectivity index (χ2n) is 8.50. The van der Waals surface area contributed by atoms with Crippen LogP contribution in [0.1, 0.15) is 36.1 Å². The number of hydrogen-bond acceptors (Lipinski definition) is 5. The van der Waals surface area contributed by atoms with Crippen molar-refractivity contribution in [2.75, 3.05) is 27.3 Å². The molecule has 0 aliphatic carbocycles. The Balaban J connectivity index is 1.32. The molecule has 1 fully saturated rings. The van der Waals surface area contributed by atoms with Crippen LogP contribution in [0.2, 0.25) is 0 Å². The lowest BCUT2D eigenvalue weighted by atomic mass is 9.90. The lowest BCUT2D eigenvalue weighted by Gasteiger charge is -2.31. The zero-order valence-electron chi connectivity index (χ0n) is 18.6. The molecule has 1 aliphatic rings. The summed E-state index contributed by atoms with van der Waals surface area (Å²) in [5, 5.41) is 0. The molecule has 31 heavy (non-hydrogen) atoms. The van der Waals surface area contributed by atoms with Crippen molar-refractivity contribution in [3.8, 4) is 11.5 Å². The summed E-state index contributed by atoms with van der Waals surface area (Å²) < 4.78 is 12.4. The molecule has 3 heterocycles. The predicted molar refractivity (Wildman–Crippen MR) is 122 cm³/mol. The predicted octanol–water partition coefficient (Wildman–Crippen LogP) is 3.86. The Hall–Kier alpha value is -2.86. The van der Waals surface area contributed by atoms with Gasteiger partial charge in [-0.1, -0.05) is 6.07 Å². The molecule has 1 saturated heterocycles. The molecule has 0 amide bonds. The maximum Gasteiger partial charge on any atom is 0.258 e. The molecular weight excluding hydrogens is 390 g/mol. The van der Waals surface area contributed by atoms with E-state index in [0.29, 0.717) is 5.92 Å². The molecule has 2 aromatic heterocycles. The number of likely N-dealkylation sites (tertiary alicyclic amines) is 1. The first-order valence-electron chi connectivity index (χ1n) is 11.0.